The van der Waals surface area contributed by atoms with Crippen molar-refractivity contribution in [1.82, 2.24) is 0 Å². The van der Waals surface area contributed by atoms with Crippen LogP contribution in [0.15, 0.2) is 28.7 Å². The van der Waals surface area contributed by atoms with Gasteiger partial charge in [0.25, 0.3) is 0 Å². The van der Waals surface area contributed by atoms with Crippen molar-refractivity contribution in [3.05, 3.63) is 34.3 Å². The van der Waals surface area contributed by atoms with Crippen molar-refractivity contribution in [2.24, 2.45) is 5.92 Å². The standard InChI is InChI=1S/C16H21BrS2/c17-13-7-5-12(6-8-13)16(11-3-1-2-4-11)14(18)9-10-15(16)19/h5-8,11,14-15,18-19H,1-4,9-10H2. The zero-order chi connectivity index (χ0) is 13.5. The van der Waals surface area contributed by atoms with Gasteiger partial charge in [0, 0.05) is 20.4 Å². The van der Waals surface area contributed by atoms with Crippen LogP contribution in [0, 0.1) is 5.92 Å². The maximum absolute atomic E-state index is 4.98. The highest BCUT2D eigenvalue weighted by Gasteiger charge is 2.53. The van der Waals surface area contributed by atoms with Gasteiger partial charge in [-0.15, -0.1) is 0 Å². The molecule has 0 heterocycles. The Bertz CT molecular complexity index is 427. The van der Waals surface area contributed by atoms with Gasteiger partial charge < -0.3 is 0 Å². The summed E-state index contributed by atoms with van der Waals surface area (Å²) in [5, 5.41) is 0.915. The quantitative estimate of drug-likeness (QED) is 0.662. The fourth-order valence-corrected chi connectivity index (χ4v) is 6.08. The van der Waals surface area contributed by atoms with E-state index in [-0.39, 0.29) is 5.41 Å². The van der Waals surface area contributed by atoms with Crippen LogP contribution in [0.3, 0.4) is 0 Å². The van der Waals surface area contributed by atoms with Gasteiger partial charge in [-0.2, -0.15) is 25.3 Å². The molecular formula is C16H21BrS2. The highest BCUT2D eigenvalue weighted by molar-refractivity contribution is 9.10. The Labute approximate surface area is 135 Å². The van der Waals surface area contributed by atoms with E-state index in [2.05, 4.69) is 40.2 Å². The second kappa shape index (κ2) is 5.65. The zero-order valence-electron chi connectivity index (χ0n) is 11.1. The van der Waals surface area contributed by atoms with Crippen molar-refractivity contribution in [1.29, 1.82) is 0 Å². The first-order chi connectivity index (χ1) is 9.15. The fourth-order valence-electron chi connectivity index (χ4n) is 4.32. The smallest absolute Gasteiger partial charge is 0.0214 e. The van der Waals surface area contributed by atoms with Crippen LogP contribution in [-0.2, 0) is 5.41 Å². The van der Waals surface area contributed by atoms with Gasteiger partial charge >= 0.3 is 0 Å². The number of thiol groups is 2. The maximum Gasteiger partial charge on any atom is 0.0214 e. The molecule has 0 bridgehead atoms. The summed E-state index contributed by atoms with van der Waals surface area (Å²) in [6.07, 6.45) is 7.86. The number of benzene rings is 1. The van der Waals surface area contributed by atoms with Crippen LogP contribution in [0.5, 0.6) is 0 Å². The molecule has 1 aromatic rings. The largest absolute Gasteiger partial charge is 0.175 e. The number of halogens is 1. The molecule has 2 aliphatic rings. The van der Waals surface area contributed by atoms with Gasteiger partial charge in [-0.1, -0.05) is 40.9 Å². The Kier molecular flexibility index (Phi) is 4.26. The van der Waals surface area contributed by atoms with Crippen LogP contribution in [0.2, 0.25) is 0 Å². The lowest BCUT2D eigenvalue weighted by molar-refractivity contribution is 0.292. The minimum atomic E-state index is 0.184. The third-order valence-corrected chi connectivity index (χ3v) is 7.09. The Hall–Kier alpha value is 0.400. The van der Waals surface area contributed by atoms with Crippen molar-refractivity contribution in [3.63, 3.8) is 0 Å². The van der Waals surface area contributed by atoms with Crippen LogP contribution in [0.1, 0.15) is 44.1 Å². The Morgan fingerprint density at radius 1 is 0.895 bits per heavy atom. The van der Waals surface area contributed by atoms with E-state index in [1.54, 1.807) is 0 Å². The fraction of sp³-hybridized carbons (Fsp3) is 0.625. The second-order valence-electron chi connectivity index (χ2n) is 6.03. The summed E-state index contributed by atoms with van der Waals surface area (Å²) in [6.45, 7) is 0. The molecule has 2 atom stereocenters. The van der Waals surface area contributed by atoms with Gasteiger partial charge in [-0.05, 0) is 49.3 Å². The third kappa shape index (κ3) is 2.30. The molecule has 3 heteroatoms. The molecule has 0 aliphatic heterocycles. The molecule has 2 saturated carbocycles. The predicted octanol–water partition coefficient (Wildman–Crippen LogP) is 5.27. The van der Waals surface area contributed by atoms with E-state index in [1.165, 1.54) is 44.1 Å². The van der Waals surface area contributed by atoms with Crippen molar-refractivity contribution in [2.45, 2.75) is 54.4 Å². The molecule has 3 rings (SSSR count). The van der Waals surface area contributed by atoms with Gasteiger partial charge in [0.1, 0.15) is 0 Å². The molecule has 2 unspecified atom stereocenters. The van der Waals surface area contributed by atoms with Crippen molar-refractivity contribution < 1.29 is 0 Å². The summed E-state index contributed by atoms with van der Waals surface area (Å²) in [5.74, 6) is 0.765. The lowest BCUT2D eigenvalue weighted by Crippen LogP contribution is -2.45. The molecule has 19 heavy (non-hydrogen) atoms. The normalized spacial score (nSPS) is 35.9. The van der Waals surface area contributed by atoms with Crippen molar-refractivity contribution in [3.8, 4) is 0 Å². The van der Waals surface area contributed by atoms with Gasteiger partial charge in [0.2, 0.25) is 0 Å². The van der Waals surface area contributed by atoms with Crippen LogP contribution in [0.25, 0.3) is 0 Å². The number of hydrogen-bond donors (Lipinski definition) is 2. The zero-order valence-corrected chi connectivity index (χ0v) is 14.4. The summed E-state index contributed by atoms with van der Waals surface area (Å²) < 4.78 is 1.15. The molecule has 0 spiro atoms. The van der Waals surface area contributed by atoms with Gasteiger partial charge in [0.15, 0.2) is 0 Å². The lowest BCUT2D eigenvalue weighted by atomic mass is 9.67. The topological polar surface area (TPSA) is 0 Å². The third-order valence-electron chi connectivity index (χ3n) is 5.19. The summed E-state index contributed by atoms with van der Waals surface area (Å²) in [7, 11) is 0. The van der Waals surface area contributed by atoms with E-state index in [9.17, 15) is 0 Å². The lowest BCUT2D eigenvalue weighted by Gasteiger charge is -2.43. The van der Waals surface area contributed by atoms with Gasteiger partial charge in [-0.25, -0.2) is 0 Å². The molecule has 1 aromatic carbocycles. The minimum absolute atomic E-state index is 0.184. The van der Waals surface area contributed by atoms with Crippen molar-refractivity contribution >= 4 is 41.2 Å². The van der Waals surface area contributed by atoms with Crippen LogP contribution < -0.4 is 0 Å². The van der Waals surface area contributed by atoms with Gasteiger partial charge in [0.05, 0.1) is 0 Å². The number of hydrogen-bond acceptors (Lipinski definition) is 2. The molecule has 0 radical (unpaired) electrons. The molecule has 0 saturated heterocycles. The summed E-state index contributed by atoms with van der Waals surface area (Å²) in [5.41, 5.74) is 1.64. The first-order valence-corrected chi connectivity index (χ1v) is 9.10. The van der Waals surface area contributed by atoms with E-state index >= 15 is 0 Å². The molecule has 2 aliphatic carbocycles. The summed E-state index contributed by atoms with van der Waals surface area (Å²) >= 11 is 13.5. The van der Waals surface area contributed by atoms with Gasteiger partial charge in [-0.3, -0.25) is 0 Å². The van der Waals surface area contributed by atoms with Crippen molar-refractivity contribution in [2.75, 3.05) is 0 Å². The van der Waals surface area contributed by atoms with E-state index in [0.717, 1.165) is 10.4 Å². The summed E-state index contributed by atoms with van der Waals surface area (Å²) in [6, 6.07) is 8.93. The monoisotopic (exact) mass is 356 g/mol. The molecule has 0 nitrogen and oxygen atoms in total. The average molecular weight is 357 g/mol. The van der Waals surface area contributed by atoms with Crippen LogP contribution >= 0.6 is 41.2 Å². The number of rotatable bonds is 2. The molecule has 2 fully saturated rings. The van der Waals surface area contributed by atoms with Crippen LogP contribution in [-0.4, -0.2) is 10.5 Å². The highest BCUT2D eigenvalue weighted by atomic mass is 79.9. The molecule has 0 amide bonds. The van der Waals surface area contributed by atoms with E-state index in [4.69, 9.17) is 25.3 Å². The predicted molar refractivity (Wildman–Crippen MR) is 92.6 cm³/mol. The molecule has 0 aromatic heterocycles. The second-order valence-corrected chi connectivity index (χ2v) is 8.19. The van der Waals surface area contributed by atoms with E-state index in [1.807, 2.05) is 0 Å². The molecule has 0 N–H and O–H groups in total. The molecular weight excluding hydrogens is 336 g/mol. The Morgan fingerprint density at radius 2 is 1.42 bits per heavy atom. The average Bonchev–Trinajstić information content (AvgIpc) is 3.01. The first kappa shape index (κ1) is 14.3. The maximum atomic E-state index is 4.98. The van der Waals surface area contributed by atoms with Crippen LogP contribution in [0.4, 0.5) is 0 Å². The van der Waals surface area contributed by atoms with E-state index in [0.29, 0.717) is 10.5 Å². The Morgan fingerprint density at radius 3 is 1.95 bits per heavy atom. The SMILES string of the molecule is SC1CCC(S)C1(c1ccc(Br)cc1)C1CCCC1. The Balaban J connectivity index is 2.07. The first-order valence-electron chi connectivity index (χ1n) is 7.28. The minimum Gasteiger partial charge on any atom is -0.175 e. The highest BCUT2D eigenvalue weighted by Crippen LogP contribution is 2.55. The summed E-state index contributed by atoms with van der Waals surface area (Å²) in [4.78, 5) is 0. The molecule has 104 valence electrons. The van der Waals surface area contributed by atoms with E-state index < -0.39 is 0 Å².